The molecule has 0 radical (unpaired) electrons. The van der Waals surface area contributed by atoms with Gasteiger partial charge in [0.05, 0.1) is 0 Å². The van der Waals surface area contributed by atoms with Crippen LogP contribution in [0.4, 0.5) is 4.39 Å². The number of aryl methyl sites for hydroxylation is 1. The van der Waals surface area contributed by atoms with Gasteiger partial charge in [0, 0.05) is 25.0 Å². The number of hydrogen-bond acceptors (Lipinski definition) is 2. The van der Waals surface area contributed by atoms with Gasteiger partial charge in [-0.15, -0.1) is 0 Å². The molecule has 0 unspecified atom stereocenters. The van der Waals surface area contributed by atoms with Crippen molar-refractivity contribution in [3.63, 3.8) is 0 Å². The molecule has 3 rings (SSSR count). The van der Waals surface area contributed by atoms with E-state index in [-0.39, 0.29) is 23.7 Å². The minimum absolute atomic E-state index is 0.00899. The molecule has 0 atom stereocenters. The van der Waals surface area contributed by atoms with Gasteiger partial charge in [0.2, 0.25) is 5.91 Å². The highest BCUT2D eigenvalue weighted by atomic mass is 19.1. The molecule has 0 saturated heterocycles. The molecule has 4 heteroatoms. The van der Waals surface area contributed by atoms with E-state index in [1.54, 1.807) is 12.1 Å². The van der Waals surface area contributed by atoms with Gasteiger partial charge in [-0.2, -0.15) is 0 Å². The van der Waals surface area contributed by atoms with E-state index in [0.717, 1.165) is 24.8 Å². The normalized spacial score (nSPS) is 11.3. The Bertz CT molecular complexity index is 903. The molecule has 0 aromatic heterocycles. The minimum Gasteiger partial charge on any atom is -0.396 e. The molecule has 0 aliphatic heterocycles. The van der Waals surface area contributed by atoms with E-state index in [4.69, 9.17) is 0 Å². The lowest BCUT2D eigenvalue weighted by Gasteiger charge is -2.35. The van der Waals surface area contributed by atoms with Crippen LogP contribution >= 0.6 is 0 Å². The highest BCUT2D eigenvalue weighted by molar-refractivity contribution is 5.76. The predicted molar refractivity (Wildman–Crippen MR) is 127 cm³/mol. The number of rotatable bonds is 12. The summed E-state index contributed by atoms with van der Waals surface area (Å²) >= 11 is 0. The first-order valence-electron chi connectivity index (χ1n) is 11.4. The van der Waals surface area contributed by atoms with Gasteiger partial charge in [0.15, 0.2) is 0 Å². The number of halogens is 1. The molecule has 32 heavy (non-hydrogen) atoms. The van der Waals surface area contributed by atoms with Gasteiger partial charge in [-0.05, 0) is 60.9 Å². The summed E-state index contributed by atoms with van der Waals surface area (Å²) in [5.74, 6) is -0.255. The van der Waals surface area contributed by atoms with Crippen molar-refractivity contribution in [1.82, 2.24) is 5.32 Å². The van der Waals surface area contributed by atoms with Gasteiger partial charge >= 0.3 is 0 Å². The third kappa shape index (κ3) is 6.51. The molecule has 3 nitrogen and oxygen atoms in total. The van der Waals surface area contributed by atoms with E-state index in [1.165, 1.54) is 23.3 Å². The summed E-state index contributed by atoms with van der Waals surface area (Å²) in [7, 11) is 0. The Kier molecular flexibility index (Phi) is 9.00. The quantitative estimate of drug-likeness (QED) is 0.375. The van der Waals surface area contributed by atoms with Crippen LogP contribution in [0.25, 0.3) is 0 Å². The molecule has 0 aliphatic carbocycles. The molecule has 3 aromatic carbocycles. The zero-order valence-corrected chi connectivity index (χ0v) is 18.5. The molecule has 2 N–H and O–H groups in total. The maximum Gasteiger partial charge on any atom is 0.220 e. The average molecular weight is 434 g/mol. The molecule has 3 aromatic rings. The molecular formula is C28H32FNO2. The van der Waals surface area contributed by atoms with Crippen LogP contribution in [0.2, 0.25) is 0 Å². The average Bonchev–Trinajstić information content (AvgIpc) is 2.84. The van der Waals surface area contributed by atoms with E-state index in [1.807, 2.05) is 12.1 Å². The van der Waals surface area contributed by atoms with Crippen LogP contribution < -0.4 is 5.32 Å². The molecule has 0 fully saturated rings. The van der Waals surface area contributed by atoms with E-state index in [9.17, 15) is 14.3 Å². The second kappa shape index (κ2) is 12.2. The van der Waals surface area contributed by atoms with Crippen molar-refractivity contribution >= 4 is 5.91 Å². The Hall–Kier alpha value is -2.98. The number of aliphatic hydroxyl groups is 1. The Balaban J connectivity index is 1.62. The van der Waals surface area contributed by atoms with E-state index in [2.05, 4.69) is 53.8 Å². The van der Waals surface area contributed by atoms with Crippen LogP contribution in [-0.4, -0.2) is 24.2 Å². The van der Waals surface area contributed by atoms with Crippen LogP contribution in [-0.2, 0) is 16.6 Å². The summed E-state index contributed by atoms with van der Waals surface area (Å²) in [6, 6.07) is 27.2. The SMILES string of the molecule is O=C(CCc1ccc(F)cc1)NCCCC(CCCO)(c1ccccc1)c1ccccc1. The Morgan fingerprint density at radius 3 is 1.94 bits per heavy atom. The monoisotopic (exact) mass is 433 g/mol. The first-order chi connectivity index (χ1) is 15.6. The summed E-state index contributed by atoms with van der Waals surface area (Å²) in [4.78, 5) is 12.3. The third-order valence-corrected chi connectivity index (χ3v) is 6.07. The Labute approximate surface area is 190 Å². The maximum absolute atomic E-state index is 13.0. The van der Waals surface area contributed by atoms with Crippen molar-refractivity contribution in [2.24, 2.45) is 0 Å². The topological polar surface area (TPSA) is 49.3 Å². The largest absolute Gasteiger partial charge is 0.396 e. The first kappa shape index (κ1) is 23.7. The highest BCUT2D eigenvalue weighted by Crippen LogP contribution is 2.40. The van der Waals surface area contributed by atoms with Gasteiger partial charge in [0.1, 0.15) is 5.82 Å². The molecule has 0 saturated carbocycles. The number of nitrogens with one attached hydrogen (secondary N) is 1. The van der Waals surface area contributed by atoms with Crippen molar-refractivity contribution in [2.75, 3.05) is 13.2 Å². The number of carbonyl (C=O) groups excluding carboxylic acids is 1. The van der Waals surface area contributed by atoms with Crippen molar-refractivity contribution in [3.8, 4) is 0 Å². The highest BCUT2D eigenvalue weighted by Gasteiger charge is 2.33. The van der Waals surface area contributed by atoms with Crippen LogP contribution in [0.1, 0.15) is 48.8 Å². The lowest BCUT2D eigenvalue weighted by Crippen LogP contribution is -2.31. The van der Waals surface area contributed by atoms with Crippen molar-refractivity contribution in [1.29, 1.82) is 0 Å². The Morgan fingerprint density at radius 1 is 0.812 bits per heavy atom. The van der Waals surface area contributed by atoms with Crippen LogP contribution in [0.3, 0.4) is 0 Å². The number of amides is 1. The fourth-order valence-corrected chi connectivity index (χ4v) is 4.38. The van der Waals surface area contributed by atoms with Crippen molar-refractivity contribution in [3.05, 3.63) is 107 Å². The lowest BCUT2D eigenvalue weighted by molar-refractivity contribution is -0.121. The van der Waals surface area contributed by atoms with E-state index in [0.29, 0.717) is 25.8 Å². The molecule has 0 heterocycles. The second-order valence-electron chi connectivity index (χ2n) is 8.22. The minimum atomic E-state index is -0.264. The smallest absolute Gasteiger partial charge is 0.220 e. The number of hydrogen-bond donors (Lipinski definition) is 2. The van der Waals surface area contributed by atoms with E-state index < -0.39 is 0 Å². The number of aliphatic hydroxyl groups excluding tert-OH is 1. The predicted octanol–water partition coefficient (Wildman–Crippen LogP) is 5.41. The molecule has 168 valence electrons. The molecule has 0 aliphatic rings. The van der Waals surface area contributed by atoms with Gasteiger partial charge in [-0.25, -0.2) is 4.39 Å². The second-order valence-corrected chi connectivity index (χ2v) is 8.22. The van der Waals surface area contributed by atoms with Crippen molar-refractivity contribution < 1.29 is 14.3 Å². The first-order valence-corrected chi connectivity index (χ1v) is 11.4. The zero-order valence-electron chi connectivity index (χ0n) is 18.5. The number of benzene rings is 3. The van der Waals surface area contributed by atoms with Crippen LogP contribution in [0, 0.1) is 5.82 Å². The van der Waals surface area contributed by atoms with Gasteiger partial charge in [-0.3, -0.25) is 4.79 Å². The fraction of sp³-hybridized carbons (Fsp3) is 0.321. The summed E-state index contributed by atoms with van der Waals surface area (Å²) in [6.07, 6.45) is 4.25. The standard InChI is InChI=1S/C28H32FNO2/c29-26-16-13-23(14-17-26)15-18-27(32)30-21-7-19-28(20-8-22-31,24-9-3-1-4-10-24)25-11-5-2-6-12-25/h1-6,9-14,16-17,31H,7-8,15,18-22H2,(H,30,32). The molecule has 1 amide bonds. The molecular weight excluding hydrogens is 401 g/mol. The van der Waals surface area contributed by atoms with Crippen molar-refractivity contribution in [2.45, 2.75) is 43.9 Å². The van der Waals surface area contributed by atoms with Crippen LogP contribution in [0.15, 0.2) is 84.9 Å². The fourth-order valence-electron chi connectivity index (χ4n) is 4.38. The van der Waals surface area contributed by atoms with Crippen LogP contribution in [0.5, 0.6) is 0 Å². The summed E-state index contributed by atoms with van der Waals surface area (Å²) in [5, 5.41) is 12.6. The maximum atomic E-state index is 13.0. The summed E-state index contributed by atoms with van der Waals surface area (Å²) in [6.45, 7) is 0.754. The number of carbonyl (C=O) groups is 1. The zero-order chi connectivity index (χ0) is 22.7. The third-order valence-electron chi connectivity index (χ3n) is 6.07. The van der Waals surface area contributed by atoms with Gasteiger partial charge in [-0.1, -0.05) is 72.8 Å². The molecule has 0 spiro atoms. The lowest BCUT2D eigenvalue weighted by atomic mass is 9.68. The van der Waals surface area contributed by atoms with E-state index >= 15 is 0 Å². The Morgan fingerprint density at radius 2 is 1.38 bits per heavy atom. The summed E-state index contributed by atoms with van der Waals surface area (Å²) < 4.78 is 13.0. The molecule has 0 bridgehead atoms. The van der Waals surface area contributed by atoms with Gasteiger partial charge in [0.25, 0.3) is 0 Å². The van der Waals surface area contributed by atoms with Gasteiger partial charge < -0.3 is 10.4 Å². The summed E-state index contributed by atoms with van der Waals surface area (Å²) in [5.41, 5.74) is 3.23.